The lowest BCUT2D eigenvalue weighted by atomic mass is 10.1. The summed E-state index contributed by atoms with van der Waals surface area (Å²) in [6.45, 7) is 1.89. The van der Waals surface area contributed by atoms with Gasteiger partial charge in [0.05, 0.1) is 30.3 Å². The molecule has 0 aliphatic carbocycles. The second-order valence-electron chi connectivity index (χ2n) is 6.40. The number of amides is 1. The van der Waals surface area contributed by atoms with Crippen molar-refractivity contribution in [3.63, 3.8) is 0 Å². The number of hydrogen-bond donors (Lipinski definition) is 0. The molecule has 138 valence electrons. The second-order valence-corrected chi connectivity index (χ2v) is 6.83. The van der Waals surface area contributed by atoms with Gasteiger partial charge < -0.3 is 14.2 Å². The van der Waals surface area contributed by atoms with Crippen LogP contribution in [0.4, 0.5) is 0 Å². The van der Waals surface area contributed by atoms with Gasteiger partial charge in [0.2, 0.25) is 0 Å². The number of halogens is 1. The van der Waals surface area contributed by atoms with Crippen LogP contribution in [0.2, 0.25) is 5.02 Å². The molecular formula is C19H18ClN5O2. The summed E-state index contributed by atoms with van der Waals surface area (Å²) in [7, 11) is 0. The maximum absolute atomic E-state index is 12.7. The Kier molecular flexibility index (Phi) is 5.02. The van der Waals surface area contributed by atoms with Gasteiger partial charge in [0.1, 0.15) is 6.10 Å². The van der Waals surface area contributed by atoms with Crippen molar-refractivity contribution in [1.82, 2.24) is 24.4 Å². The summed E-state index contributed by atoms with van der Waals surface area (Å²) in [6, 6.07) is 7.95. The Hall–Kier alpha value is -2.93. The van der Waals surface area contributed by atoms with Gasteiger partial charge in [-0.25, -0.2) is 15.0 Å². The van der Waals surface area contributed by atoms with Gasteiger partial charge in [0.25, 0.3) is 5.91 Å². The lowest BCUT2D eigenvalue weighted by molar-refractivity contribution is 0.0769. The van der Waals surface area contributed by atoms with E-state index >= 15 is 0 Å². The van der Waals surface area contributed by atoms with E-state index in [9.17, 15) is 4.79 Å². The first-order valence-electron chi connectivity index (χ1n) is 8.65. The topological polar surface area (TPSA) is 73.1 Å². The fourth-order valence-electron chi connectivity index (χ4n) is 3.05. The molecule has 1 saturated heterocycles. The number of aromatic nitrogens is 4. The van der Waals surface area contributed by atoms with E-state index < -0.39 is 0 Å². The van der Waals surface area contributed by atoms with Gasteiger partial charge in [0, 0.05) is 37.5 Å². The van der Waals surface area contributed by atoms with E-state index in [1.54, 1.807) is 17.4 Å². The van der Waals surface area contributed by atoms with Gasteiger partial charge in [-0.15, -0.1) is 0 Å². The van der Waals surface area contributed by atoms with Crippen LogP contribution in [0.5, 0.6) is 6.01 Å². The normalized spacial score (nSPS) is 16.5. The molecule has 1 aromatic carbocycles. The Labute approximate surface area is 161 Å². The molecule has 1 fully saturated rings. The molecule has 7 nitrogen and oxygen atoms in total. The monoisotopic (exact) mass is 383 g/mol. The van der Waals surface area contributed by atoms with Crippen LogP contribution in [-0.2, 0) is 6.54 Å². The molecule has 0 N–H and O–H groups in total. The van der Waals surface area contributed by atoms with Crippen LogP contribution >= 0.6 is 11.6 Å². The first-order chi connectivity index (χ1) is 13.2. The third kappa shape index (κ3) is 4.25. The van der Waals surface area contributed by atoms with Crippen molar-refractivity contribution in [3.05, 3.63) is 71.5 Å². The van der Waals surface area contributed by atoms with Crippen molar-refractivity contribution in [2.24, 2.45) is 0 Å². The zero-order valence-electron chi connectivity index (χ0n) is 14.5. The number of ether oxygens (including phenoxy) is 1. The van der Waals surface area contributed by atoms with Gasteiger partial charge in [-0.1, -0.05) is 23.7 Å². The summed E-state index contributed by atoms with van der Waals surface area (Å²) in [5, 5.41) is 0.460. The van der Waals surface area contributed by atoms with E-state index in [0.717, 1.165) is 18.5 Å². The molecule has 27 heavy (non-hydrogen) atoms. The summed E-state index contributed by atoms with van der Waals surface area (Å²) in [6.07, 6.45) is 9.05. The van der Waals surface area contributed by atoms with Crippen molar-refractivity contribution in [1.29, 1.82) is 0 Å². The van der Waals surface area contributed by atoms with E-state index in [4.69, 9.17) is 16.3 Å². The highest BCUT2D eigenvalue weighted by atomic mass is 35.5. The Morgan fingerprint density at radius 2 is 2.00 bits per heavy atom. The molecule has 2 aromatic heterocycles. The lowest BCUT2D eigenvalue weighted by Crippen LogP contribution is -2.31. The number of imidazole rings is 1. The molecule has 8 heteroatoms. The summed E-state index contributed by atoms with van der Waals surface area (Å²) < 4.78 is 7.73. The highest BCUT2D eigenvalue weighted by Crippen LogP contribution is 2.18. The maximum Gasteiger partial charge on any atom is 0.316 e. The number of benzene rings is 1. The van der Waals surface area contributed by atoms with Crippen LogP contribution in [0, 0.1) is 0 Å². The van der Waals surface area contributed by atoms with Gasteiger partial charge in [0.15, 0.2) is 0 Å². The second kappa shape index (κ2) is 7.75. The number of hydrogen-bond acceptors (Lipinski definition) is 5. The maximum atomic E-state index is 12.7. The standard InChI is InChI=1S/C19H18ClN5O2/c20-16-9-22-19(23-10-16)27-17-5-7-25(12-17)18(26)15-3-1-14(2-4-15)11-24-8-6-21-13-24/h1-4,6,8-10,13,17H,5,7,11-12H2. The van der Waals surface area contributed by atoms with Crippen LogP contribution < -0.4 is 4.74 Å². The van der Waals surface area contributed by atoms with Crippen LogP contribution in [0.3, 0.4) is 0 Å². The SMILES string of the molecule is O=C(c1ccc(Cn2ccnc2)cc1)N1CCC(Oc2ncc(Cl)cn2)C1. The molecule has 1 aliphatic rings. The highest BCUT2D eigenvalue weighted by Gasteiger charge is 2.28. The van der Waals surface area contributed by atoms with Crippen LogP contribution in [0.15, 0.2) is 55.4 Å². The molecule has 3 aromatic rings. The lowest BCUT2D eigenvalue weighted by Gasteiger charge is -2.17. The van der Waals surface area contributed by atoms with E-state index in [-0.39, 0.29) is 18.0 Å². The molecule has 0 spiro atoms. The summed E-state index contributed by atoms with van der Waals surface area (Å²) in [5.41, 5.74) is 1.79. The van der Waals surface area contributed by atoms with E-state index in [1.165, 1.54) is 12.4 Å². The molecule has 0 saturated carbocycles. The van der Waals surface area contributed by atoms with E-state index in [2.05, 4.69) is 15.0 Å². The molecule has 1 atom stereocenters. The molecule has 4 rings (SSSR count). The number of nitrogens with zero attached hydrogens (tertiary/aromatic N) is 5. The van der Waals surface area contributed by atoms with Crippen molar-refractivity contribution >= 4 is 17.5 Å². The van der Waals surface area contributed by atoms with Gasteiger partial charge in [-0.05, 0) is 17.7 Å². The number of carbonyl (C=O) groups is 1. The smallest absolute Gasteiger partial charge is 0.316 e. The fraction of sp³-hybridized carbons (Fsp3) is 0.263. The molecule has 1 unspecified atom stereocenters. The average molecular weight is 384 g/mol. The number of carbonyl (C=O) groups excluding carboxylic acids is 1. The predicted octanol–water partition coefficient (Wildman–Crippen LogP) is 2.67. The zero-order chi connectivity index (χ0) is 18.6. The summed E-state index contributed by atoms with van der Waals surface area (Å²) in [4.78, 5) is 26.6. The van der Waals surface area contributed by atoms with Gasteiger partial charge >= 0.3 is 6.01 Å². The van der Waals surface area contributed by atoms with E-state index in [1.807, 2.05) is 35.0 Å². The van der Waals surface area contributed by atoms with Crippen LogP contribution in [0.1, 0.15) is 22.3 Å². The van der Waals surface area contributed by atoms with Crippen molar-refractivity contribution < 1.29 is 9.53 Å². The summed E-state index contributed by atoms with van der Waals surface area (Å²) >= 11 is 5.77. The van der Waals surface area contributed by atoms with Crippen molar-refractivity contribution in [3.8, 4) is 6.01 Å². The average Bonchev–Trinajstić information content (AvgIpc) is 3.36. The minimum Gasteiger partial charge on any atom is -0.458 e. The molecule has 3 heterocycles. The zero-order valence-corrected chi connectivity index (χ0v) is 15.3. The fourth-order valence-corrected chi connectivity index (χ4v) is 3.14. The molecule has 1 aliphatic heterocycles. The Morgan fingerprint density at radius 1 is 1.22 bits per heavy atom. The Bertz CT molecular complexity index is 897. The van der Waals surface area contributed by atoms with Crippen molar-refractivity contribution in [2.45, 2.75) is 19.1 Å². The Morgan fingerprint density at radius 3 is 2.70 bits per heavy atom. The Balaban J connectivity index is 1.34. The third-order valence-corrected chi connectivity index (χ3v) is 4.62. The number of likely N-dealkylation sites (tertiary alicyclic amines) is 1. The van der Waals surface area contributed by atoms with Crippen LogP contribution in [0.25, 0.3) is 0 Å². The predicted molar refractivity (Wildman–Crippen MR) is 99.7 cm³/mol. The van der Waals surface area contributed by atoms with Gasteiger partial charge in [-0.2, -0.15) is 0 Å². The minimum atomic E-state index is -0.115. The number of rotatable bonds is 5. The minimum absolute atomic E-state index is 0.00676. The van der Waals surface area contributed by atoms with E-state index in [0.29, 0.717) is 23.7 Å². The first-order valence-corrected chi connectivity index (χ1v) is 9.03. The molecular weight excluding hydrogens is 366 g/mol. The highest BCUT2D eigenvalue weighted by molar-refractivity contribution is 6.30. The summed E-state index contributed by atoms with van der Waals surface area (Å²) in [5.74, 6) is 0.00676. The van der Waals surface area contributed by atoms with Crippen LogP contribution in [-0.4, -0.2) is 49.5 Å². The van der Waals surface area contributed by atoms with Gasteiger partial charge in [-0.3, -0.25) is 4.79 Å². The third-order valence-electron chi connectivity index (χ3n) is 4.43. The molecule has 0 radical (unpaired) electrons. The molecule has 1 amide bonds. The molecule has 0 bridgehead atoms. The first kappa shape index (κ1) is 17.5. The van der Waals surface area contributed by atoms with Crippen molar-refractivity contribution in [2.75, 3.05) is 13.1 Å². The largest absolute Gasteiger partial charge is 0.458 e. The quantitative estimate of drug-likeness (QED) is 0.677.